The molecule has 1 N–H and O–H groups in total. The Morgan fingerprint density at radius 1 is 1.43 bits per heavy atom. The molecule has 0 aliphatic carbocycles. The number of aromatic amines is 1. The van der Waals surface area contributed by atoms with E-state index in [4.69, 9.17) is 0 Å². The predicted octanol–water partition coefficient (Wildman–Crippen LogP) is 2.04. The van der Waals surface area contributed by atoms with Gasteiger partial charge in [-0.25, -0.2) is 0 Å². The van der Waals surface area contributed by atoms with Crippen molar-refractivity contribution in [2.75, 3.05) is 0 Å². The van der Waals surface area contributed by atoms with Crippen LogP contribution < -0.4 is 0 Å². The lowest BCUT2D eigenvalue weighted by molar-refractivity contribution is -0.111. The zero-order valence-electron chi connectivity index (χ0n) is 8.24. The summed E-state index contributed by atoms with van der Waals surface area (Å²) in [5, 5.41) is 7.93. The van der Waals surface area contributed by atoms with E-state index in [1.165, 1.54) is 0 Å². The first-order valence-electron chi connectivity index (χ1n) is 4.54. The van der Waals surface area contributed by atoms with Crippen molar-refractivity contribution in [3.8, 4) is 0 Å². The number of carbonyl (C=O) groups is 1. The van der Waals surface area contributed by atoms with E-state index in [1.54, 1.807) is 6.20 Å². The standard InChI is InChI=1S/C11H12N2O/c1-11(2,7-14)9-5-3-4-8-6-12-13-10(8)9/h3-7H,1-2H3,(H,12,13). The van der Waals surface area contributed by atoms with Crippen molar-refractivity contribution in [3.05, 3.63) is 30.0 Å². The molecule has 0 fully saturated rings. The van der Waals surface area contributed by atoms with Gasteiger partial charge < -0.3 is 4.79 Å². The first-order valence-corrected chi connectivity index (χ1v) is 4.54. The van der Waals surface area contributed by atoms with Gasteiger partial charge in [-0.3, -0.25) is 5.10 Å². The van der Waals surface area contributed by atoms with Crippen LogP contribution in [0.2, 0.25) is 0 Å². The summed E-state index contributed by atoms with van der Waals surface area (Å²) in [5.74, 6) is 0. The molecule has 0 bridgehead atoms. The van der Waals surface area contributed by atoms with E-state index < -0.39 is 5.41 Å². The number of rotatable bonds is 2. The molecule has 0 aliphatic rings. The third-order valence-electron chi connectivity index (χ3n) is 2.47. The van der Waals surface area contributed by atoms with Crippen LogP contribution in [0.15, 0.2) is 24.4 Å². The fourth-order valence-corrected chi connectivity index (χ4v) is 1.57. The van der Waals surface area contributed by atoms with Gasteiger partial charge in [0.25, 0.3) is 0 Å². The van der Waals surface area contributed by atoms with Crippen LogP contribution in [0.4, 0.5) is 0 Å². The van der Waals surface area contributed by atoms with Crippen molar-refractivity contribution >= 4 is 17.2 Å². The summed E-state index contributed by atoms with van der Waals surface area (Å²) in [6.45, 7) is 3.80. The van der Waals surface area contributed by atoms with Crippen molar-refractivity contribution in [1.82, 2.24) is 10.2 Å². The molecule has 0 saturated heterocycles. The van der Waals surface area contributed by atoms with E-state index in [0.29, 0.717) is 0 Å². The Hall–Kier alpha value is -1.64. The van der Waals surface area contributed by atoms with E-state index >= 15 is 0 Å². The van der Waals surface area contributed by atoms with E-state index in [-0.39, 0.29) is 0 Å². The van der Waals surface area contributed by atoms with Gasteiger partial charge in [0.05, 0.1) is 11.7 Å². The predicted molar refractivity (Wildman–Crippen MR) is 55.2 cm³/mol. The molecule has 0 atom stereocenters. The van der Waals surface area contributed by atoms with Crippen LogP contribution in [-0.4, -0.2) is 16.5 Å². The number of nitrogens with one attached hydrogen (secondary N) is 1. The first kappa shape index (κ1) is 8.94. The van der Waals surface area contributed by atoms with E-state index in [0.717, 1.165) is 22.8 Å². The number of hydrogen-bond donors (Lipinski definition) is 1. The molecule has 3 heteroatoms. The van der Waals surface area contributed by atoms with Crippen molar-refractivity contribution in [1.29, 1.82) is 0 Å². The number of aldehydes is 1. The number of para-hydroxylation sites is 1. The largest absolute Gasteiger partial charge is 0.302 e. The van der Waals surface area contributed by atoms with Gasteiger partial charge in [0.15, 0.2) is 0 Å². The van der Waals surface area contributed by atoms with Gasteiger partial charge in [-0.2, -0.15) is 5.10 Å². The maximum Gasteiger partial charge on any atom is 0.130 e. The number of fused-ring (bicyclic) bond motifs is 1. The Morgan fingerprint density at radius 3 is 2.93 bits per heavy atom. The molecule has 72 valence electrons. The second-order valence-corrected chi connectivity index (χ2v) is 3.98. The van der Waals surface area contributed by atoms with Crippen LogP contribution in [0.3, 0.4) is 0 Å². The number of aromatic nitrogens is 2. The zero-order valence-corrected chi connectivity index (χ0v) is 8.24. The highest BCUT2D eigenvalue weighted by molar-refractivity contribution is 5.86. The second-order valence-electron chi connectivity index (χ2n) is 3.98. The van der Waals surface area contributed by atoms with Gasteiger partial charge in [-0.1, -0.05) is 18.2 Å². The minimum atomic E-state index is -0.466. The Kier molecular flexibility index (Phi) is 1.88. The van der Waals surface area contributed by atoms with Crippen molar-refractivity contribution in [2.45, 2.75) is 19.3 Å². The molecule has 2 rings (SSSR count). The molecule has 0 amide bonds. The summed E-state index contributed by atoms with van der Waals surface area (Å²) in [7, 11) is 0. The van der Waals surface area contributed by atoms with Crippen molar-refractivity contribution in [3.63, 3.8) is 0 Å². The zero-order chi connectivity index (χ0) is 10.2. The van der Waals surface area contributed by atoms with Crippen LogP contribution in [0.5, 0.6) is 0 Å². The van der Waals surface area contributed by atoms with E-state index in [2.05, 4.69) is 10.2 Å². The maximum atomic E-state index is 11.0. The molecule has 0 radical (unpaired) electrons. The summed E-state index contributed by atoms with van der Waals surface area (Å²) < 4.78 is 0. The normalized spacial score (nSPS) is 11.9. The minimum absolute atomic E-state index is 0.466. The third kappa shape index (κ3) is 1.21. The average Bonchev–Trinajstić information content (AvgIpc) is 2.64. The molecule has 14 heavy (non-hydrogen) atoms. The lowest BCUT2D eigenvalue weighted by Crippen LogP contribution is -2.19. The fourth-order valence-electron chi connectivity index (χ4n) is 1.57. The van der Waals surface area contributed by atoms with Gasteiger partial charge in [0.2, 0.25) is 0 Å². The number of benzene rings is 1. The molecule has 1 aromatic heterocycles. The van der Waals surface area contributed by atoms with Crippen LogP contribution in [0.1, 0.15) is 19.4 Å². The summed E-state index contributed by atoms with van der Waals surface area (Å²) in [6, 6.07) is 5.87. The highest BCUT2D eigenvalue weighted by Gasteiger charge is 2.22. The molecule has 0 unspecified atom stereocenters. The smallest absolute Gasteiger partial charge is 0.130 e. The number of carbonyl (C=O) groups excluding carboxylic acids is 1. The molecule has 2 aromatic rings. The van der Waals surface area contributed by atoms with E-state index in [9.17, 15) is 4.79 Å². The third-order valence-corrected chi connectivity index (χ3v) is 2.47. The number of nitrogens with zero attached hydrogens (tertiary/aromatic N) is 1. The van der Waals surface area contributed by atoms with Gasteiger partial charge in [-0.05, 0) is 19.4 Å². The monoisotopic (exact) mass is 188 g/mol. The van der Waals surface area contributed by atoms with Gasteiger partial charge in [-0.15, -0.1) is 0 Å². The lowest BCUT2D eigenvalue weighted by atomic mass is 9.85. The Morgan fingerprint density at radius 2 is 2.21 bits per heavy atom. The van der Waals surface area contributed by atoms with E-state index in [1.807, 2.05) is 32.0 Å². The molecule has 1 heterocycles. The lowest BCUT2D eigenvalue weighted by Gasteiger charge is -2.17. The summed E-state index contributed by atoms with van der Waals surface area (Å²) >= 11 is 0. The average molecular weight is 188 g/mol. The van der Waals surface area contributed by atoms with Crippen LogP contribution >= 0.6 is 0 Å². The maximum absolute atomic E-state index is 11.0. The molecular formula is C11H12N2O. The second kappa shape index (κ2) is 2.94. The summed E-state index contributed by atoms with van der Waals surface area (Å²) in [4.78, 5) is 11.0. The van der Waals surface area contributed by atoms with Gasteiger partial charge in [0, 0.05) is 10.8 Å². The molecular weight excluding hydrogens is 176 g/mol. The highest BCUT2D eigenvalue weighted by atomic mass is 16.1. The number of H-pyrrole nitrogens is 1. The molecule has 0 spiro atoms. The fraction of sp³-hybridized carbons (Fsp3) is 0.273. The molecule has 1 aromatic carbocycles. The highest BCUT2D eigenvalue weighted by Crippen LogP contribution is 2.26. The molecule has 0 aliphatic heterocycles. The Balaban J connectivity index is 2.73. The molecule has 0 saturated carbocycles. The van der Waals surface area contributed by atoms with Crippen molar-refractivity contribution < 1.29 is 4.79 Å². The van der Waals surface area contributed by atoms with Crippen LogP contribution in [0.25, 0.3) is 10.9 Å². The quantitative estimate of drug-likeness (QED) is 0.733. The number of hydrogen-bond acceptors (Lipinski definition) is 2. The Bertz CT molecular complexity index is 471. The van der Waals surface area contributed by atoms with Crippen LogP contribution in [0, 0.1) is 0 Å². The first-order chi connectivity index (χ1) is 6.65. The summed E-state index contributed by atoms with van der Waals surface area (Å²) in [5.41, 5.74) is 1.47. The molecule has 3 nitrogen and oxygen atoms in total. The SMILES string of the molecule is CC(C)(C=O)c1cccc2cn[nH]c12. The summed E-state index contributed by atoms with van der Waals surface area (Å²) in [6.07, 6.45) is 2.72. The topological polar surface area (TPSA) is 45.8 Å². The van der Waals surface area contributed by atoms with Crippen LogP contribution in [-0.2, 0) is 10.2 Å². The minimum Gasteiger partial charge on any atom is -0.302 e. The Labute approximate surface area is 82.1 Å². The van der Waals surface area contributed by atoms with Crippen molar-refractivity contribution in [2.24, 2.45) is 0 Å². The van der Waals surface area contributed by atoms with Gasteiger partial charge in [0.1, 0.15) is 6.29 Å². The van der Waals surface area contributed by atoms with Gasteiger partial charge >= 0.3 is 0 Å².